The Morgan fingerprint density at radius 1 is 1.03 bits per heavy atom. The molecule has 1 N–H and O–H groups in total. The number of fused-ring (bicyclic) bond motifs is 2. The van der Waals surface area contributed by atoms with Crippen LogP contribution in [0.15, 0.2) is 42.5 Å². The molecule has 0 aromatic heterocycles. The highest BCUT2D eigenvalue weighted by molar-refractivity contribution is 5.68. The topological polar surface area (TPSA) is 65.0 Å². The largest absolute Gasteiger partial charge is 0.480 e. The van der Waals surface area contributed by atoms with Gasteiger partial charge >= 0.3 is 5.97 Å². The van der Waals surface area contributed by atoms with Gasteiger partial charge in [-0.3, -0.25) is 0 Å². The molecule has 0 radical (unpaired) electrons. The second kappa shape index (κ2) is 8.55. The van der Waals surface area contributed by atoms with Crippen molar-refractivity contribution in [2.45, 2.75) is 50.7 Å². The van der Waals surface area contributed by atoms with Gasteiger partial charge in [0.2, 0.25) is 0 Å². The number of carboxylic acids is 1. The molecule has 2 aliphatic rings. The van der Waals surface area contributed by atoms with Crippen molar-refractivity contribution in [1.29, 1.82) is 0 Å². The first kappa shape index (κ1) is 21.7. The van der Waals surface area contributed by atoms with Crippen LogP contribution in [-0.4, -0.2) is 29.9 Å². The van der Waals surface area contributed by atoms with Crippen molar-refractivity contribution in [1.82, 2.24) is 0 Å². The van der Waals surface area contributed by atoms with Crippen molar-refractivity contribution < 1.29 is 32.9 Å². The van der Waals surface area contributed by atoms with Gasteiger partial charge in [-0.25, -0.2) is 13.6 Å². The molecule has 31 heavy (non-hydrogen) atoms. The lowest BCUT2D eigenvalue weighted by molar-refractivity contribution is -0.143. The van der Waals surface area contributed by atoms with E-state index < -0.39 is 11.8 Å². The van der Waals surface area contributed by atoms with Crippen LogP contribution in [0.2, 0.25) is 0 Å². The average molecular weight is 432 g/mol. The quantitative estimate of drug-likeness (QED) is 0.556. The van der Waals surface area contributed by atoms with Crippen LogP contribution in [0.25, 0.3) is 0 Å². The van der Waals surface area contributed by atoms with Gasteiger partial charge in [0.25, 0.3) is 0 Å². The number of carbonyl (C=O) groups is 1. The molecule has 1 unspecified atom stereocenters. The predicted octanol–water partition coefficient (Wildman–Crippen LogP) is 5.64. The van der Waals surface area contributed by atoms with Crippen molar-refractivity contribution in [2.24, 2.45) is 5.41 Å². The Hall–Kier alpha value is -2.51. The number of benzene rings is 2. The molecule has 2 bridgehead atoms. The zero-order valence-electron chi connectivity index (χ0n) is 17.4. The highest BCUT2D eigenvalue weighted by atomic mass is 19.1. The number of halogens is 2. The smallest absolute Gasteiger partial charge is 0.329 e. The van der Waals surface area contributed by atoms with Gasteiger partial charge in [-0.15, -0.1) is 0 Å². The second-order valence-corrected chi connectivity index (χ2v) is 8.78. The minimum atomic E-state index is -0.965. The highest BCUT2D eigenvalue weighted by Crippen LogP contribution is 2.59. The fourth-order valence-electron chi connectivity index (χ4n) is 4.94. The summed E-state index contributed by atoms with van der Waals surface area (Å²) in [4.78, 5) is 10.7. The molecule has 166 valence electrons. The summed E-state index contributed by atoms with van der Waals surface area (Å²) in [6, 6.07) is 10.0. The molecule has 2 fully saturated rings. The molecular formula is C24H26F2O5. The van der Waals surface area contributed by atoms with Gasteiger partial charge in [-0.1, -0.05) is 0 Å². The Balaban J connectivity index is 1.42. The summed E-state index contributed by atoms with van der Waals surface area (Å²) in [5, 5.41) is 8.79. The van der Waals surface area contributed by atoms with Crippen LogP contribution in [0.3, 0.4) is 0 Å². The van der Waals surface area contributed by atoms with Crippen molar-refractivity contribution >= 4 is 5.97 Å². The van der Waals surface area contributed by atoms with Gasteiger partial charge in [0.05, 0.1) is 18.3 Å². The third-order valence-electron chi connectivity index (χ3n) is 6.39. The monoisotopic (exact) mass is 432 g/mol. The summed E-state index contributed by atoms with van der Waals surface area (Å²) in [7, 11) is 0. The maximum atomic E-state index is 14.3. The zero-order chi connectivity index (χ0) is 22.1. The third-order valence-corrected chi connectivity index (χ3v) is 6.39. The number of aliphatic carboxylic acids is 1. The summed E-state index contributed by atoms with van der Waals surface area (Å²) >= 11 is 0. The van der Waals surface area contributed by atoms with Gasteiger partial charge in [0.15, 0.2) is 0 Å². The molecule has 2 aliphatic carbocycles. The fraction of sp³-hybridized carbons (Fsp3) is 0.458. The molecule has 2 aromatic carbocycles. The number of ether oxygens (including phenoxy) is 3. The van der Waals surface area contributed by atoms with Gasteiger partial charge in [0, 0.05) is 6.07 Å². The summed E-state index contributed by atoms with van der Waals surface area (Å²) in [6.07, 6.45) is 4.09. The first-order chi connectivity index (χ1) is 14.8. The molecule has 0 amide bonds. The summed E-state index contributed by atoms with van der Waals surface area (Å²) in [5.41, 5.74) is 0.336. The molecule has 7 heteroatoms. The lowest BCUT2D eigenvalue weighted by atomic mass is 9.85. The molecular weight excluding hydrogens is 406 g/mol. The lowest BCUT2D eigenvalue weighted by Crippen LogP contribution is -2.28. The van der Waals surface area contributed by atoms with E-state index in [1.165, 1.54) is 36.4 Å². The van der Waals surface area contributed by atoms with Crippen molar-refractivity contribution in [3.8, 4) is 11.5 Å². The van der Waals surface area contributed by atoms with E-state index in [4.69, 9.17) is 19.3 Å². The average Bonchev–Trinajstić information content (AvgIpc) is 3.24. The number of rotatable bonds is 9. The zero-order valence-corrected chi connectivity index (χ0v) is 17.4. The Labute approximate surface area is 179 Å². The first-order valence-corrected chi connectivity index (χ1v) is 10.5. The van der Waals surface area contributed by atoms with Gasteiger partial charge in [0.1, 0.15) is 29.7 Å². The van der Waals surface area contributed by atoms with E-state index in [1.54, 1.807) is 6.07 Å². The van der Waals surface area contributed by atoms with Crippen LogP contribution in [0.4, 0.5) is 8.78 Å². The predicted molar refractivity (Wildman–Crippen MR) is 109 cm³/mol. The van der Waals surface area contributed by atoms with Crippen molar-refractivity contribution in [3.63, 3.8) is 0 Å². The fourth-order valence-corrected chi connectivity index (χ4v) is 4.94. The van der Waals surface area contributed by atoms with Crippen LogP contribution >= 0.6 is 0 Å². The Kier molecular flexibility index (Phi) is 5.99. The van der Waals surface area contributed by atoms with Crippen molar-refractivity contribution in [3.05, 3.63) is 59.7 Å². The molecule has 1 atom stereocenters. The summed E-state index contributed by atoms with van der Waals surface area (Å²) in [5.74, 6) is -1.03. The lowest BCUT2D eigenvalue weighted by Gasteiger charge is -2.31. The standard InChI is InChI=1S/C24H26F2O5/c1-16(31-24-8-6-23(14-24,7-9-24)15-29-13-22(27)28)17-10-19(26)12-21(11-17)30-20-4-2-18(25)3-5-20/h2-5,10-12,16H,6-9,13-15H2,1H3,(H,27,28). The maximum absolute atomic E-state index is 14.3. The van der Waals surface area contributed by atoms with Crippen LogP contribution in [-0.2, 0) is 14.3 Å². The molecule has 4 rings (SSSR count). The maximum Gasteiger partial charge on any atom is 0.329 e. The number of hydrogen-bond donors (Lipinski definition) is 1. The van der Waals surface area contributed by atoms with Gasteiger partial charge in [-0.05, 0) is 86.4 Å². The minimum Gasteiger partial charge on any atom is -0.480 e. The molecule has 5 nitrogen and oxygen atoms in total. The van der Waals surface area contributed by atoms with Crippen LogP contribution in [0.1, 0.15) is 50.7 Å². The van der Waals surface area contributed by atoms with Crippen molar-refractivity contribution in [2.75, 3.05) is 13.2 Å². The van der Waals surface area contributed by atoms with Crippen LogP contribution < -0.4 is 4.74 Å². The molecule has 0 spiro atoms. The third kappa shape index (κ3) is 5.05. The number of carboxylic acid groups (broad SMARTS) is 1. The molecule has 0 aliphatic heterocycles. The SMILES string of the molecule is CC(OC12CCC(COCC(=O)O)(CC1)C2)c1cc(F)cc(Oc2ccc(F)cc2)c1. The van der Waals surface area contributed by atoms with E-state index in [2.05, 4.69) is 0 Å². The van der Waals surface area contributed by atoms with E-state index in [-0.39, 0.29) is 29.5 Å². The Bertz CT molecular complexity index is 935. The number of hydrogen-bond acceptors (Lipinski definition) is 4. The molecule has 0 heterocycles. The van der Waals surface area contributed by atoms with E-state index in [0.717, 1.165) is 32.1 Å². The summed E-state index contributed by atoms with van der Waals surface area (Å²) < 4.78 is 44.9. The van der Waals surface area contributed by atoms with Gasteiger partial charge < -0.3 is 19.3 Å². The Morgan fingerprint density at radius 2 is 1.74 bits per heavy atom. The molecule has 2 aromatic rings. The van der Waals surface area contributed by atoms with E-state index >= 15 is 0 Å². The van der Waals surface area contributed by atoms with Gasteiger partial charge in [-0.2, -0.15) is 0 Å². The van der Waals surface area contributed by atoms with E-state index in [0.29, 0.717) is 23.7 Å². The normalized spacial score (nSPS) is 25.5. The van der Waals surface area contributed by atoms with E-state index in [1.807, 2.05) is 6.92 Å². The minimum absolute atomic E-state index is 0.0338. The van der Waals surface area contributed by atoms with Crippen LogP contribution in [0, 0.1) is 17.0 Å². The highest BCUT2D eigenvalue weighted by Gasteiger charge is 2.55. The Morgan fingerprint density at radius 3 is 2.42 bits per heavy atom. The second-order valence-electron chi connectivity index (χ2n) is 8.78. The van der Waals surface area contributed by atoms with E-state index in [9.17, 15) is 13.6 Å². The summed E-state index contributed by atoms with van der Waals surface area (Å²) in [6.45, 7) is 2.03. The van der Waals surface area contributed by atoms with Crippen LogP contribution in [0.5, 0.6) is 11.5 Å². The molecule has 0 saturated heterocycles. The molecule has 2 saturated carbocycles. The first-order valence-electron chi connectivity index (χ1n) is 10.5.